The van der Waals surface area contributed by atoms with Crippen LogP contribution in [0.3, 0.4) is 0 Å². The van der Waals surface area contributed by atoms with Crippen molar-refractivity contribution in [1.29, 1.82) is 0 Å². The summed E-state index contributed by atoms with van der Waals surface area (Å²) < 4.78 is 0. The maximum Gasteiger partial charge on any atom is 0.0950 e. The zero-order valence-electron chi connectivity index (χ0n) is 11.4. The molecule has 0 amide bonds. The van der Waals surface area contributed by atoms with E-state index < -0.39 is 0 Å². The van der Waals surface area contributed by atoms with Gasteiger partial charge >= 0.3 is 0 Å². The fraction of sp³-hybridized carbons (Fsp3) is 0.812. The standard InChI is InChI=1S/C16H23NOS/c18-14(6-15-17-1-2-19-15)10-16-7-11-3-12(8-16)5-13(4-11)9-16/h1-2,11-14,18H,3-10H2. The molecule has 5 rings (SSSR count). The van der Waals surface area contributed by atoms with E-state index in [4.69, 9.17) is 0 Å². The molecule has 0 radical (unpaired) electrons. The van der Waals surface area contributed by atoms with E-state index in [2.05, 4.69) is 4.98 Å². The Morgan fingerprint density at radius 1 is 1.21 bits per heavy atom. The van der Waals surface area contributed by atoms with Crippen LogP contribution in [0.25, 0.3) is 0 Å². The second-order valence-corrected chi connectivity index (χ2v) is 8.38. The monoisotopic (exact) mass is 277 g/mol. The predicted octanol–water partition coefficient (Wildman–Crippen LogP) is 3.65. The van der Waals surface area contributed by atoms with Crippen LogP contribution >= 0.6 is 11.3 Å². The highest BCUT2D eigenvalue weighted by Crippen LogP contribution is 2.61. The van der Waals surface area contributed by atoms with Crippen LogP contribution in [0, 0.1) is 23.2 Å². The Morgan fingerprint density at radius 2 is 1.84 bits per heavy atom. The molecule has 1 N–H and O–H groups in total. The summed E-state index contributed by atoms with van der Waals surface area (Å²) in [5, 5.41) is 13.5. The van der Waals surface area contributed by atoms with Gasteiger partial charge in [0.15, 0.2) is 0 Å². The van der Waals surface area contributed by atoms with Crippen LogP contribution < -0.4 is 0 Å². The molecule has 0 spiro atoms. The zero-order chi connectivity index (χ0) is 12.9. The van der Waals surface area contributed by atoms with Crippen LogP contribution in [0.1, 0.15) is 50.0 Å². The molecule has 1 heterocycles. The minimum Gasteiger partial charge on any atom is -0.393 e. The molecule has 1 unspecified atom stereocenters. The maximum atomic E-state index is 10.4. The van der Waals surface area contributed by atoms with E-state index in [0.29, 0.717) is 5.41 Å². The minimum absolute atomic E-state index is 0.178. The highest BCUT2D eigenvalue weighted by Gasteiger charge is 2.51. The van der Waals surface area contributed by atoms with Crippen molar-refractivity contribution in [3.63, 3.8) is 0 Å². The summed E-state index contributed by atoms with van der Waals surface area (Å²) in [7, 11) is 0. The molecule has 0 aromatic carbocycles. The van der Waals surface area contributed by atoms with Gasteiger partial charge in [0.2, 0.25) is 0 Å². The van der Waals surface area contributed by atoms with Crippen LogP contribution in [-0.4, -0.2) is 16.2 Å². The summed E-state index contributed by atoms with van der Waals surface area (Å²) in [4.78, 5) is 4.31. The van der Waals surface area contributed by atoms with E-state index in [1.807, 2.05) is 11.6 Å². The van der Waals surface area contributed by atoms with E-state index in [1.165, 1.54) is 38.5 Å². The van der Waals surface area contributed by atoms with Crippen molar-refractivity contribution in [3.05, 3.63) is 16.6 Å². The van der Waals surface area contributed by atoms with Crippen molar-refractivity contribution in [2.24, 2.45) is 23.2 Å². The van der Waals surface area contributed by atoms with Crippen LogP contribution in [0.15, 0.2) is 11.6 Å². The Labute approximate surface area is 119 Å². The van der Waals surface area contributed by atoms with Gasteiger partial charge in [-0.25, -0.2) is 4.98 Å². The fourth-order valence-corrected chi connectivity index (χ4v) is 6.36. The first kappa shape index (κ1) is 12.3. The number of aliphatic hydroxyl groups is 1. The Kier molecular flexibility index (Phi) is 2.96. The average Bonchev–Trinajstić information content (AvgIpc) is 2.78. The Balaban J connectivity index is 1.44. The van der Waals surface area contributed by atoms with E-state index in [0.717, 1.165) is 35.6 Å². The molecule has 2 nitrogen and oxygen atoms in total. The molecule has 0 aliphatic heterocycles. The van der Waals surface area contributed by atoms with Gasteiger partial charge in [0.1, 0.15) is 0 Å². The number of aromatic nitrogens is 1. The first-order chi connectivity index (χ1) is 9.21. The molecular formula is C16H23NOS. The quantitative estimate of drug-likeness (QED) is 0.911. The van der Waals surface area contributed by atoms with Crippen molar-refractivity contribution in [3.8, 4) is 0 Å². The Morgan fingerprint density at radius 3 is 2.37 bits per heavy atom. The summed E-state index contributed by atoms with van der Waals surface area (Å²) in [5.41, 5.74) is 0.491. The van der Waals surface area contributed by atoms with Crippen molar-refractivity contribution >= 4 is 11.3 Å². The smallest absolute Gasteiger partial charge is 0.0950 e. The summed E-state index contributed by atoms with van der Waals surface area (Å²) in [6.07, 6.45) is 12.1. The third kappa shape index (κ3) is 2.36. The lowest BCUT2D eigenvalue weighted by Crippen LogP contribution is -2.47. The minimum atomic E-state index is -0.178. The number of aliphatic hydroxyl groups excluding tert-OH is 1. The second-order valence-electron chi connectivity index (χ2n) is 7.41. The fourth-order valence-electron chi connectivity index (χ4n) is 5.67. The van der Waals surface area contributed by atoms with Crippen LogP contribution in [0.4, 0.5) is 0 Å². The van der Waals surface area contributed by atoms with Gasteiger partial charge in [0, 0.05) is 18.0 Å². The molecule has 104 valence electrons. The number of hydrogen-bond acceptors (Lipinski definition) is 3. The molecule has 19 heavy (non-hydrogen) atoms. The largest absolute Gasteiger partial charge is 0.393 e. The van der Waals surface area contributed by atoms with E-state index in [9.17, 15) is 5.11 Å². The number of thiazole rings is 1. The van der Waals surface area contributed by atoms with Gasteiger partial charge in [-0.2, -0.15) is 0 Å². The molecule has 4 fully saturated rings. The molecule has 4 saturated carbocycles. The van der Waals surface area contributed by atoms with Crippen LogP contribution in [-0.2, 0) is 6.42 Å². The molecule has 1 aromatic rings. The summed E-state index contributed by atoms with van der Waals surface area (Å²) in [6, 6.07) is 0. The third-order valence-corrected chi connectivity index (χ3v) is 6.53. The Bertz CT molecular complexity index is 406. The van der Waals surface area contributed by atoms with Gasteiger partial charge in [0.25, 0.3) is 0 Å². The average molecular weight is 277 g/mol. The van der Waals surface area contributed by atoms with Gasteiger partial charge in [-0.1, -0.05) is 0 Å². The first-order valence-corrected chi connectivity index (χ1v) is 8.65. The van der Waals surface area contributed by atoms with E-state index in [1.54, 1.807) is 11.3 Å². The molecular weight excluding hydrogens is 254 g/mol. The maximum absolute atomic E-state index is 10.4. The zero-order valence-corrected chi connectivity index (χ0v) is 12.2. The SMILES string of the molecule is OC(Cc1nccs1)CC12CC3CC(CC(C3)C1)C2. The Hall–Kier alpha value is -0.410. The molecule has 1 atom stereocenters. The topological polar surface area (TPSA) is 33.1 Å². The molecule has 3 heteroatoms. The molecule has 4 aliphatic rings. The van der Waals surface area contributed by atoms with E-state index in [-0.39, 0.29) is 6.10 Å². The van der Waals surface area contributed by atoms with Gasteiger partial charge in [-0.15, -0.1) is 11.3 Å². The lowest BCUT2D eigenvalue weighted by Gasteiger charge is -2.57. The molecule has 0 saturated heterocycles. The highest BCUT2D eigenvalue weighted by atomic mass is 32.1. The summed E-state index contributed by atoms with van der Waals surface area (Å²) in [5.74, 6) is 2.95. The van der Waals surface area contributed by atoms with Crippen LogP contribution in [0.5, 0.6) is 0 Å². The van der Waals surface area contributed by atoms with Crippen LogP contribution in [0.2, 0.25) is 0 Å². The van der Waals surface area contributed by atoms with Crippen molar-refractivity contribution in [1.82, 2.24) is 4.98 Å². The number of hydrogen-bond donors (Lipinski definition) is 1. The molecule has 1 aromatic heterocycles. The van der Waals surface area contributed by atoms with Crippen molar-refractivity contribution in [2.75, 3.05) is 0 Å². The molecule has 4 aliphatic carbocycles. The normalized spacial score (nSPS) is 41.6. The third-order valence-electron chi connectivity index (χ3n) is 5.73. The predicted molar refractivity (Wildman–Crippen MR) is 77.0 cm³/mol. The van der Waals surface area contributed by atoms with Gasteiger partial charge < -0.3 is 5.11 Å². The second kappa shape index (κ2) is 4.56. The van der Waals surface area contributed by atoms with Gasteiger partial charge in [-0.05, 0) is 68.1 Å². The first-order valence-electron chi connectivity index (χ1n) is 7.77. The van der Waals surface area contributed by atoms with E-state index >= 15 is 0 Å². The number of rotatable bonds is 4. The summed E-state index contributed by atoms with van der Waals surface area (Å²) >= 11 is 1.67. The number of nitrogens with zero attached hydrogens (tertiary/aromatic N) is 1. The van der Waals surface area contributed by atoms with Crippen molar-refractivity contribution in [2.45, 2.75) is 57.5 Å². The lowest BCUT2D eigenvalue weighted by molar-refractivity contribution is -0.0756. The highest BCUT2D eigenvalue weighted by molar-refractivity contribution is 7.09. The lowest BCUT2D eigenvalue weighted by atomic mass is 9.48. The van der Waals surface area contributed by atoms with Crippen molar-refractivity contribution < 1.29 is 5.11 Å². The van der Waals surface area contributed by atoms with Gasteiger partial charge in [0.05, 0.1) is 11.1 Å². The van der Waals surface area contributed by atoms with Gasteiger partial charge in [-0.3, -0.25) is 0 Å². The summed E-state index contributed by atoms with van der Waals surface area (Å²) in [6.45, 7) is 0. The molecule has 4 bridgehead atoms.